The van der Waals surface area contributed by atoms with Crippen LogP contribution in [-0.4, -0.2) is 23.8 Å². The molecule has 2 heterocycles. The number of hydrogen-bond donors (Lipinski definition) is 0. The zero-order valence-electron chi connectivity index (χ0n) is 24.1. The lowest BCUT2D eigenvalue weighted by Crippen LogP contribution is -2.33. The Morgan fingerprint density at radius 3 is 2.38 bits per heavy atom. The minimum absolute atomic E-state index is 0.219. The first-order chi connectivity index (χ1) is 20.5. The molecule has 3 nitrogen and oxygen atoms in total. The van der Waals surface area contributed by atoms with Crippen LogP contribution in [0, 0.1) is 11.7 Å². The lowest BCUT2D eigenvalue weighted by atomic mass is 9.89. The van der Waals surface area contributed by atoms with Crippen molar-refractivity contribution >= 4 is 23.1 Å². The standard InChI is InChI=1S/C37H38ClFN2O/c38-34-6-3-4-29(22-34)24-40-20-18-27(19-21-40)10-17-37(42)32-14-12-30-11-13-31-5-1-2-7-36(31)41(26-33(30)23-32)25-28-8-15-35(39)16-9-28/h1-9,12,14-16,22-23,27H,10-11,13,17-21,24-26H2. The van der Waals surface area contributed by atoms with Gasteiger partial charge in [0, 0.05) is 42.3 Å². The topological polar surface area (TPSA) is 23.6 Å². The lowest BCUT2D eigenvalue weighted by Gasteiger charge is -2.32. The fourth-order valence-corrected chi connectivity index (χ4v) is 6.75. The van der Waals surface area contributed by atoms with Gasteiger partial charge in [0.1, 0.15) is 5.82 Å². The van der Waals surface area contributed by atoms with E-state index >= 15 is 0 Å². The molecule has 0 amide bonds. The number of Topliss-reactive ketones (excluding diaryl/α,β-unsaturated/α-hetero) is 1. The number of anilines is 1. The first kappa shape index (κ1) is 28.6. The zero-order chi connectivity index (χ0) is 28.9. The molecule has 0 radical (unpaired) electrons. The Morgan fingerprint density at radius 2 is 1.57 bits per heavy atom. The Balaban J connectivity index is 1.09. The first-order valence-electron chi connectivity index (χ1n) is 15.2. The van der Waals surface area contributed by atoms with Crippen LogP contribution in [0.1, 0.15) is 63.9 Å². The van der Waals surface area contributed by atoms with Crippen molar-refractivity contribution in [3.63, 3.8) is 0 Å². The van der Waals surface area contributed by atoms with Gasteiger partial charge in [0.25, 0.3) is 0 Å². The van der Waals surface area contributed by atoms with E-state index in [9.17, 15) is 9.18 Å². The van der Waals surface area contributed by atoms with Gasteiger partial charge in [-0.3, -0.25) is 9.69 Å². The Hall–Kier alpha value is -3.47. The average Bonchev–Trinajstić information content (AvgIpc) is 3.00. The van der Waals surface area contributed by atoms with Crippen LogP contribution in [0.25, 0.3) is 0 Å². The molecule has 0 saturated carbocycles. The Bertz CT molecular complexity index is 1530. The minimum atomic E-state index is -0.219. The fraction of sp³-hybridized carbons (Fsp3) is 0.324. The van der Waals surface area contributed by atoms with Crippen molar-refractivity contribution in [3.05, 3.63) is 135 Å². The van der Waals surface area contributed by atoms with E-state index in [0.29, 0.717) is 18.9 Å². The Morgan fingerprint density at radius 1 is 0.786 bits per heavy atom. The van der Waals surface area contributed by atoms with Crippen LogP contribution in [0.3, 0.4) is 0 Å². The van der Waals surface area contributed by atoms with E-state index in [1.807, 2.05) is 30.3 Å². The number of carbonyl (C=O) groups is 1. The Labute approximate surface area is 253 Å². The fourth-order valence-electron chi connectivity index (χ4n) is 6.54. The van der Waals surface area contributed by atoms with E-state index in [0.717, 1.165) is 74.4 Å². The number of aryl methyl sites for hydroxylation is 2. The van der Waals surface area contributed by atoms with Crippen molar-refractivity contribution in [2.45, 2.75) is 58.2 Å². The molecule has 1 saturated heterocycles. The molecule has 5 heteroatoms. The van der Waals surface area contributed by atoms with E-state index in [2.05, 4.69) is 58.3 Å². The van der Waals surface area contributed by atoms with Gasteiger partial charge < -0.3 is 4.90 Å². The largest absolute Gasteiger partial charge is 0.363 e. The number of ketones is 1. The van der Waals surface area contributed by atoms with Gasteiger partial charge in [0.15, 0.2) is 5.78 Å². The summed E-state index contributed by atoms with van der Waals surface area (Å²) < 4.78 is 13.6. The van der Waals surface area contributed by atoms with E-state index in [1.165, 1.54) is 40.1 Å². The molecule has 4 aromatic carbocycles. The molecule has 0 bridgehead atoms. The van der Waals surface area contributed by atoms with Gasteiger partial charge in [-0.2, -0.15) is 0 Å². The maximum Gasteiger partial charge on any atom is 0.162 e. The van der Waals surface area contributed by atoms with Crippen LogP contribution >= 0.6 is 11.6 Å². The summed E-state index contributed by atoms with van der Waals surface area (Å²) in [7, 11) is 0. The Kier molecular flexibility index (Phi) is 9.02. The van der Waals surface area contributed by atoms with Crippen LogP contribution in [0.15, 0.2) is 91.0 Å². The summed E-state index contributed by atoms with van der Waals surface area (Å²) in [5.41, 5.74) is 8.20. The summed E-state index contributed by atoms with van der Waals surface area (Å²) in [6, 6.07) is 29.8. The summed E-state index contributed by atoms with van der Waals surface area (Å²) in [6.07, 6.45) is 5.72. The van der Waals surface area contributed by atoms with Gasteiger partial charge in [-0.15, -0.1) is 0 Å². The van der Waals surface area contributed by atoms with E-state index in [4.69, 9.17) is 11.6 Å². The maximum atomic E-state index is 13.6. The summed E-state index contributed by atoms with van der Waals surface area (Å²) in [6.45, 7) is 4.47. The third-order valence-corrected chi connectivity index (χ3v) is 9.19. The van der Waals surface area contributed by atoms with Crippen LogP contribution < -0.4 is 4.90 Å². The molecular weight excluding hydrogens is 543 g/mol. The second-order valence-corrected chi connectivity index (χ2v) is 12.3. The van der Waals surface area contributed by atoms with Crippen LogP contribution in [-0.2, 0) is 32.5 Å². The average molecular weight is 581 g/mol. The van der Waals surface area contributed by atoms with E-state index in [1.54, 1.807) is 0 Å². The highest BCUT2D eigenvalue weighted by atomic mass is 35.5. The third kappa shape index (κ3) is 7.11. The molecule has 0 atom stereocenters. The molecule has 0 aromatic heterocycles. The number of halogens is 2. The molecule has 6 rings (SSSR count). The second kappa shape index (κ2) is 13.2. The van der Waals surface area contributed by atoms with Gasteiger partial charge in [0.2, 0.25) is 0 Å². The number of likely N-dealkylation sites (tertiary alicyclic amines) is 1. The van der Waals surface area contributed by atoms with Crippen molar-refractivity contribution in [2.24, 2.45) is 5.92 Å². The van der Waals surface area contributed by atoms with Gasteiger partial charge >= 0.3 is 0 Å². The molecular formula is C37H38ClFN2O. The predicted molar refractivity (Wildman–Crippen MR) is 170 cm³/mol. The number of piperidine rings is 1. The zero-order valence-corrected chi connectivity index (χ0v) is 24.8. The minimum Gasteiger partial charge on any atom is -0.363 e. The molecule has 216 valence electrons. The second-order valence-electron chi connectivity index (χ2n) is 11.9. The first-order valence-corrected chi connectivity index (χ1v) is 15.6. The van der Waals surface area contributed by atoms with Crippen molar-refractivity contribution < 1.29 is 9.18 Å². The molecule has 4 aromatic rings. The normalized spacial score (nSPS) is 15.9. The number of fused-ring (bicyclic) bond motifs is 2. The molecule has 0 spiro atoms. The van der Waals surface area contributed by atoms with Gasteiger partial charge in [0.05, 0.1) is 0 Å². The number of para-hydroxylation sites is 1. The number of rotatable bonds is 8. The summed E-state index contributed by atoms with van der Waals surface area (Å²) in [4.78, 5) is 18.3. The van der Waals surface area contributed by atoms with Crippen molar-refractivity contribution in [2.75, 3.05) is 18.0 Å². The van der Waals surface area contributed by atoms with Crippen LogP contribution in [0.5, 0.6) is 0 Å². The van der Waals surface area contributed by atoms with E-state index < -0.39 is 0 Å². The predicted octanol–water partition coefficient (Wildman–Crippen LogP) is 8.66. The summed E-state index contributed by atoms with van der Waals surface area (Å²) in [5, 5.41) is 0.791. The van der Waals surface area contributed by atoms with Crippen molar-refractivity contribution in [1.29, 1.82) is 0 Å². The maximum absolute atomic E-state index is 13.6. The van der Waals surface area contributed by atoms with Crippen LogP contribution in [0.2, 0.25) is 5.02 Å². The number of benzene rings is 4. The smallest absolute Gasteiger partial charge is 0.162 e. The van der Waals surface area contributed by atoms with Crippen LogP contribution in [0.4, 0.5) is 10.1 Å². The highest BCUT2D eigenvalue weighted by Gasteiger charge is 2.22. The molecule has 2 aliphatic heterocycles. The summed E-state index contributed by atoms with van der Waals surface area (Å²) >= 11 is 6.16. The van der Waals surface area contributed by atoms with Gasteiger partial charge in [-0.1, -0.05) is 66.2 Å². The van der Waals surface area contributed by atoms with Gasteiger partial charge in [-0.25, -0.2) is 4.39 Å². The SMILES string of the molecule is O=C(CCC1CCN(Cc2cccc(Cl)c2)CC1)c1ccc2c(c1)CN(Cc1ccc(F)cc1)c1ccccc1CC2. The number of carbonyl (C=O) groups excluding carboxylic acids is 1. The molecule has 42 heavy (non-hydrogen) atoms. The van der Waals surface area contributed by atoms with Crippen molar-refractivity contribution in [3.8, 4) is 0 Å². The number of hydrogen-bond acceptors (Lipinski definition) is 3. The summed E-state index contributed by atoms with van der Waals surface area (Å²) in [5.74, 6) is 0.617. The van der Waals surface area contributed by atoms with Crippen molar-refractivity contribution in [1.82, 2.24) is 4.90 Å². The molecule has 0 aliphatic carbocycles. The lowest BCUT2D eigenvalue weighted by molar-refractivity contribution is 0.0961. The molecule has 0 N–H and O–H groups in total. The number of nitrogens with zero attached hydrogens (tertiary/aromatic N) is 2. The highest BCUT2D eigenvalue weighted by molar-refractivity contribution is 6.30. The van der Waals surface area contributed by atoms with Gasteiger partial charge in [-0.05, 0) is 115 Å². The molecule has 2 aliphatic rings. The molecule has 1 fully saturated rings. The highest BCUT2D eigenvalue weighted by Crippen LogP contribution is 2.31. The third-order valence-electron chi connectivity index (χ3n) is 8.95. The monoisotopic (exact) mass is 580 g/mol. The quantitative estimate of drug-likeness (QED) is 0.195. The molecule has 0 unspecified atom stereocenters. The van der Waals surface area contributed by atoms with E-state index in [-0.39, 0.29) is 11.6 Å².